The topological polar surface area (TPSA) is 88.8 Å². The molecular formula is C22H23ClFN5O3S. The Morgan fingerprint density at radius 2 is 2.06 bits per heavy atom. The highest BCUT2D eigenvalue weighted by molar-refractivity contribution is 7.82. The van der Waals surface area contributed by atoms with Gasteiger partial charge < -0.3 is 9.64 Å². The number of amides is 1. The summed E-state index contributed by atoms with van der Waals surface area (Å²) < 4.78 is 35.9. The number of aryl methyl sites for hydroxylation is 2. The van der Waals surface area contributed by atoms with Crippen LogP contribution in [0.4, 0.5) is 4.39 Å². The van der Waals surface area contributed by atoms with E-state index >= 15 is 0 Å². The van der Waals surface area contributed by atoms with Crippen molar-refractivity contribution in [2.24, 2.45) is 0 Å². The van der Waals surface area contributed by atoms with Crippen LogP contribution in [0.25, 0.3) is 5.65 Å². The van der Waals surface area contributed by atoms with Gasteiger partial charge in [0, 0.05) is 36.8 Å². The molecular weight excluding hydrogens is 469 g/mol. The number of ether oxygens (including phenoxy) is 1. The number of hydrogen-bond donors (Lipinski definition) is 1. The fraction of sp³-hybridized carbons (Fsp3) is 0.409. The number of halogens is 2. The number of hydrogen-bond acceptors (Lipinski definition) is 5. The molecule has 5 rings (SSSR count). The van der Waals surface area contributed by atoms with Gasteiger partial charge in [0.2, 0.25) is 0 Å². The van der Waals surface area contributed by atoms with E-state index in [0.717, 1.165) is 17.0 Å². The van der Waals surface area contributed by atoms with Crippen molar-refractivity contribution in [1.82, 2.24) is 24.2 Å². The van der Waals surface area contributed by atoms with E-state index < -0.39 is 16.8 Å². The Balaban J connectivity index is 1.36. The number of rotatable bonds is 5. The normalized spacial score (nSPS) is 20.6. The molecule has 2 aromatic heterocycles. The molecule has 33 heavy (non-hydrogen) atoms. The third-order valence-corrected chi connectivity index (χ3v) is 7.35. The molecule has 1 aromatic carbocycles. The van der Waals surface area contributed by atoms with Crippen molar-refractivity contribution >= 4 is 34.1 Å². The van der Waals surface area contributed by atoms with E-state index in [1.54, 1.807) is 15.7 Å². The molecule has 11 heteroatoms. The lowest BCUT2D eigenvalue weighted by atomic mass is 9.90. The summed E-state index contributed by atoms with van der Waals surface area (Å²) in [5.74, 6) is -0.511. The van der Waals surface area contributed by atoms with Gasteiger partial charge in [0.05, 0.1) is 51.7 Å². The Bertz CT molecular complexity index is 1310. The SMILES string of the molecule is Cc1nc2c3c(nn2c(C)c1Cl)CN(C(=O)c1ccc(F)cc1OC1CC(NS(C)=O)C1)C3. The summed E-state index contributed by atoms with van der Waals surface area (Å²) in [7, 11) is -1.10. The molecule has 1 unspecified atom stereocenters. The van der Waals surface area contributed by atoms with Gasteiger partial charge >= 0.3 is 0 Å². The third kappa shape index (κ3) is 4.00. The predicted molar refractivity (Wildman–Crippen MR) is 122 cm³/mol. The summed E-state index contributed by atoms with van der Waals surface area (Å²) in [4.78, 5) is 19.6. The number of fused-ring (bicyclic) bond motifs is 3. The fourth-order valence-corrected chi connectivity index (χ4v) is 5.15. The maximum Gasteiger partial charge on any atom is 0.258 e. The third-order valence-electron chi connectivity index (χ3n) is 6.14. The number of benzene rings is 1. The van der Waals surface area contributed by atoms with Gasteiger partial charge in [-0.2, -0.15) is 5.10 Å². The van der Waals surface area contributed by atoms with Gasteiger partial charge in [-0.25, -0.2) is 22.8 Å². The number of carbonyl (C=O) groups excluding carboxylic acids is 1. The van der Waals surface area contributed by atoms with Crippen molar-refractivity contribution in [3.63, 3.8) is 0 Å². The van der Waals surface area contributed by atoms with Gasteiger partial charge in [-0.1, -0.05) is 11.6 Å². The lowest BCUT2D eigenvalue weighted by Crippen LogP contribution is -2.47. The minimum atomic E-state index is -1.10. The average molecular weight is 492 g/mol. The molecule has 1 atom stereocenters. The van der Waals surface area contributed by atoms with Crippen LogP contribution in [0.5, 0.6) is 5.75 Å². The summed E-state index contributed by atoms with van der Waals surface area (Å²) in [6.07, 6.45) is 2.69. The van der Waals surface area contributed by atoms with Gasteiger partial charge in [0.25, 0.3) is 5.91 Å². The molecule has 2 aliphatic rings. The highest BCUT2D eigenvalue weighted by Gasteiger charge is 2.34. The molecule has 0 saturated heterocycles. The highest BCUT2D eigenvalue weighted by Crippen LogP contribution is 2.33. The summed E-state index contributed by atoms with van der Waals surface area (Å²) >= 11 is 6.31. The van der Waals surface area contributed by atoms with E-state index in [1.165, 1.54) is 18.2 Å². The van der Waals surface area contributed by atoms with Crippen LogP contribution >= 0.6 is 11.6 Å². The largest absolute Gasteiger partial charge is 0.489 e. The standard InChI is InChI=1S/C22H23ClFN5O3S/c1-11-20(23)12(2)29-21(25-11)17-9-28(10-18(17)26-29)22(30)16-5-4-13(24)6-19(16)32-15-7-14(8-15)27-33(3)31/h4-6,14-15,27H,7-10H2,1-3H3. The number of nitrogens with one attached hydrogen (secondary N) is 1. The van der Waals surface area contributed by atoms with Crippen LogP contribution in [0, 0.1) is 19.7 Å². The second kappa shape index (κ2) is 8.34. The van der Waals surface area contributed by atoms with Crippen LogP contribution in [0.3, 0.4) is 0 Å². The molecule has 1 amide bonds. The first-order chi connectivity index (χ1) is 15.7. The molecule has 1 fully saturated rings. The monoisotopic (exact) mass is 491 g/mol. The van der Waals surface area contributed by atoms with E-state index in [4.69, 9.17) is 16.3 Å². The molecule has 0 spiro atoms. The molecule has 3 heterocycles. The van der Waals surface area contributed by atoms with Gasteiger partial charge in [-0.15, -0.1) is 0 Å². The quantitative estimate of drug-likeness (QED) is 0.592. The summed E-state index contributed by atoms with van der Waals surface area (Å²) in [6, 6.07) is 4.05. The Morgan fingerprint density at radius 3 is 2.79 bits per heavy atom. The van der Waals surface area contributed by atoms with Gasteiger partial charge in [0.1, 0.15) is 17.7 Å². The second-order valence-electron chi connectivity index (χ2n) is 8.54. The zero-order chi connectivity index (χ0) is 23.4. The van der Waals surface area contributed by atoms with Crippen molar-refractivity contribution < 1.29 is 18.1 Å². The Labute approximate surface area is 197 Å². The minimum Gasteiger partial charge on any atom is -0.489 e. The van der Waals surface area contributed by atoms with Crippen molar-refractivity contribution in [3.8, 4) is 5.75 Å². The minimum absolute atomic E-state index is 0.0893. The number of nitrogens with zero attached hydrogens (tertiary/aromatic N) is 4. The van der Waals surface area contributed by atoms with Gasteiger partial charge in [0.15, 0.2) is 5.65 Å². The average Bonchev–Trinajstić information content (AvgIpc) is 3.29. The molecule has 1 aliphatic carbocycles. The lowest BCUT2D eigenvalue weighted by molar-refractivity contribution is 0.0717. The molecule has 1 aliphatic heterocycles. The number of aromatic nitrogens is 3. The van der Waals surface area contributed by atoms with Crippen LogP contribution in [0.15, 0.2) is 18.2 Å². The molecule has 1 saturated carbocycles. The van der Waals surface area contributed by atoms with Crippen molar-refractivity contribution in [2.75, 3.05) is 6.26 Å². The summed E-state index contributed by atoms with van der Waals surface area (Å²) in [5, 5.41) is 5.19. The molecule has 0 bridgehead atoms. The van der Waals surface area contributed by atoms with Crippen LogP contribution in [-0.2, 0) is 24.1 Å². The van der Waals surface area contributed by atoms with E-state index in [1.807, 2.05) is 13.8 Å². The van der Waals surface area contributed by atoms with Crippen molar-refractivity contribution in [1.29, 1.82) is 0 Å². The molecule has 3 aromatic rings. The van der Waals surface area contributed by atoms with Crippen molar-refractivity contribution in [3.05, 3.63) is 57.2 Å². The lowest BCUT2D eigenvalue weighted by Gasteiger charge is -2.35. The molecule has 8 nitrogen and oxygen atoms in total. The molecule has 0 radical (unpaired) electrons. The maximum atomic E-state index is 14.0. The zero-order valence-corrected chi connectivity index (χ0v) is 20.0. The Hall–Kier alpha value is -2.56. The molecule has 1 N–H and O–H groups in total. The first-order valence-electron chi connectivity index (χ1n) is 10.6. The maximum absolute atomic E-state index is 14.0. The molecule has 174 valence electrons. The smallest absolute Gasteiger partial charge is 0.258 e. The zero-order valence-electron chi connectivity index (χ0n) is 18.4. The van der Waals surface area contributed by atoms with Crippen LogP contribution in [0.2, 0.25) is 5.02 Å². The van der Waals surface area contributed by atoms with Crippen LogP contribution in [0.1, 0.15) is 45.8 Å². The highest BCUT2D eigenvalue weighted by atomic mass is 35.5. The Morgan fingerprint density at radius 1 is 1.30 bits per heavy atom. The van der Waals surface area contributed by atoms with Crippen LogP contribution < -0.4 is 9.46 Å². The van der Waals surface area contributed by atoms with Gasteiger partial charge in [-0.3, -0.25) is 4.79 Å². The number of carbonyl (C=O) groups is 1. The Kier molecular flexibility index (Phi) is 5.62. The second-order valence-corrected chi connectivity index (χ2v) is 10.1. The summed E-state index contributed by atoms with van der Waals surface area (Å²) in [6.45, 7) is 4.39. The fourth-order valence-electron chi connectivity index (χ4n) is 4.37. The van der Waals surface area contributed by atoms with Crippen LogP contribution in [-0.4, -0.2) is 48.0 Å². The summed E-state index contributed by atoms with van der Waals surface area (Å²) in [5.41, 5.74) is 4.17. The van der Waals surface area contributed by atoms with Gasteiger partial charge in [-0.05, 0) is 26.0 Å². The first kappa shape index (κ1) is 22.2. The van der Waals surface area contributed by atoms with E-state index in [-0.39, 0.29) is 23.8 Å². The predicted octanol–water partition coefficient (Wildman–Crippen LogP) is 3.09. The first-order valence-corrected chi connectivity index (χ1v) is 12.5. The van der Waals surface area contributed by atoms with E-state index in [0.29, 0.717) is 47.9 Å². The van der Waals surface area contributed by atoms with Crippen molar-refractivity contribution in [2.45, 2.75) is 51.9 Å². The van der Waals surface area contributed by atoms with E-state index in [9.17, 15) is 13.4 Å². The van der Waals surface area contributed by atoms with E-state index in [2.05, 4.69) is 14.8 Å².